The van der Waals surface area contributed by atoms with Crippen LogP contribution in [-0.4, -0.2) is 36.5 Å². The van der Waals surface area contributed by atoms with E-state index in [0.29, 0.717) is 12.5 Å². The highest BCUT2D eigenvalue weighted by atomic mass is 16.2. The van der Waals surface area contributed by atoms with Gasteiger partial charge in [0.05, 0.1) is 0 Å². The van der Waals surface area contributed by atoms with E-state index in [-0.39, 0.29) is 5.91 Å². The van der Waals surface area contributed by atoms with Crippen LogP contribution in [0.2, 0.25) is 0 Å². The zero-order valence-electron chi connectivity index (χ0n) is 11.4. The van der Waals surface area contributed by atoms with Gasteiger partial charge in [-0.25, -0.2) is 0 Å². The Morgan fingerprint density at radius 3 is 2.38 bits per heavy atom. The van der Waals surface area contributed by atoms with Gasteiger partial charge in [-0.1, -0.05) is 19.8 Å². The molecule has 0 aliphatic heterocycles. The van der Waals surface area contributed by atoms with Crippen LogP contribution in [0.1, 0.15) is 53.4 Å². The number of hydrogen-bond acceptors (Lipinski definition) is 2. The van der Waals surface area contributed by atoms with E-state index in [1.165, 1.54) is 19.3 Å². The van der Waals surface area contributed by atoms with Crippen molar-refractivity contribution >= 4 is 5.91 Å². The smallest absolute Gasteiger partial charge is 0.223 e. The van der Waals surface area contributed by atoms with Gasteiger partial charge in [0.1, 0.15) is 0 Å². The fourth-order valence-corrected chi connectivity index (χ4v) is 1.77. The van der Waals surface area contributed by atoms with Gasteiger partial charge in [0, 0.05) is 32.1 Å². The maximum Gasteiger partial charge on any atom is 0.223 e. The summed E-state index contributed by atoms with van der Waals surface area (Å²) in [4.78, 5) is 13.6. The fraction of sp³-hybridized carbons (Fsp3) is 0.923. The predicted molar refractivity (Wildman–Crippen MR) is 69.5 cm³/mol. The minimum Gasteiger partial charge on any atom is -0.343 e. The minimum absolute atomic E-state index is 0.264. The third kappa shape index (κ3) is 6.83. The highest BCUT2D eigenvalue weighted by Crippen LogP contribution is 2.00. The topological polar surface area (TPSA) is 32.3 Å². The summed E-state index contributed by atoms with van der Waals surface area (Å²) in [6, 6.07) is 0.532. The molecule has 0 bridgehead atoms. The van der Waals surface area contributed by atoms with Crippen LogP contribution < -0.4 is 5.32 Å². The van der Waals surface area contributed by atoms with Crippen molar-refractivity contribution in [3.63, 3.8) is 0 Å². The van der Waals surface area contributed by atoms with Gasteiger partial charge in [-0.2, -0.15) is 0 Å². The first-order valence-electron chi connectivity index (χ1n) is 6.66. The summed E-state index contributed by atoms with van der Waals surface area (Å²) in [5.74, 6) is 0.264. The summed E-state index contributed by atoms with van der Waals surface area (Å²) >= 11 is 0. The largest absolute Gasteiger partial charge is 0.343 e. The van der Waals surface area contributed by atoms with Crippen molar-refractivity contribution in [2.45, 2.75) is 59.4 Å². The Hall–Kier alpha value is -0.570. The van der Waals surface area contributed by atoms with Crippen molar-refractivity contribution in [3.8, 4) is 0 Å². The van der Waals surface area contributed by atoms with E-state index in [1.807, 2.05) is 18.7 Å². The van der Waals surface area contributed by atoms with Crippen LogP contribution in [0.3, 0.4) is 0 Å². The number of unbranched alkanes of at least 4 members (excludes halogenated alkanes) is 1. The average molecular weight is 228 g/mol. The van der Waals surface area contributed by atoms with Crippen molar-refractivity contribution < 1.29 is 4.79 Å². The quantitative estimate of drug-likeness (QED) is 0.657. The van der Waals surface area contributed by atoms with Crippen LogP contribution in [0.25, 0.3) is 0 Å². The molecule has 0 aliphatic carbocycles. The first-order chi connectivity index (χ1) is 7.65. The Morgan fingerprint density at radius 1 is 1.25 bits per heavy atom. The summed E-state index contributed by atoms with van der Waals surface area (Å²) in [5, 5.41) is 3.40. The van der Waals surface area contributed by atoms with Crippen molar-refractivity contribution in [1.82, 2.24) is 10.2 Å². The molecule has 1 unspecified atom stereocenters. The van der Waals surface area contributed by atoms with Gasteiger partial charge >= 0.3 is 0 Å². The van der Waals surface area contributed by atoms with E-state index in [0.717, 1.165) is 19.6 Å². The Kier molecular flexibility index (Phi) is 9.30. The molecule has 16 heavy (non-hydrogen) atoms. The summed E-state index contributed by atoms with van der Waals surface area (Å²) in [6.45, 7) is 10.9. The van der Waals surface area contributed by atoms with Gasteiger partial charge in [0.25, 0.3) is 0 Å². The molecule has 0 spiro atoms. The standard InChI is InChI=1S/C13H28N2O/c1-5-8-9-12(4)14-11-10-13(16)15(6-2)7-3/h12,14H,5-11H2,1-4H3. The summed E-state index contributed by atoms with van der Waals surface area (Å²) in [5.41, 5.74) is 0. The van der Waals surface area contributed by atoms with Gasteiger partial charge in [0.15, 0.2) is 0 Å². The maximum absolute atomic E-state index is 11.7. The van der Waals surface area contributed by atoms with Crippen molar-refractivity contribution in [2.75, 3.05) is 19.6 Å². The molecule has 3 heteroatoms. The minimum atomic E-state index is 0.264. The first-order valence-corrected chi connectivity index (χ1v) is 6.66. The second-order valence-corrected chi connectivity index (χ2v) is 4.31. The molecule has 0 radical (unpaired) electrons. The molecule has 1 atom stereocenters. The zero-order chi connectivity index (χ0) is 12.4. The third-order valence-electron chi connectivity index (χ3n) is 2.94. The highest BCUT2D eigenvalue weighted by molar-refractivity contribution is 5.76. The molecule has 0 aliphatic rings. The molecule has 0 aromatic heterocycles. The van der Waals surface area contributed by atoms with E-state index < -0.39 is 0 Å². The molecule has 0 saturated carbocycles. The lowest BCUT2D eigenvalue weighted by molar-refractivity contribution is -0.130. The number of nitrogens with zero attached hydrogens (tertiary/aromatic N) is 1. The molecular formula is C13H28N2O. The average Bonchev–Trinajstić information content (AvgIpc) is 2.28. The molecule has 96 valence electrons. The van der Waals surface area contributed by atoms with E-state index in [2.05, 4.69) is 19.2 Å². The van der Waals surface area contributed by atoms with Crippen LogP contribution in [0.15, 0.2) is 0 Å². The SMILES string of the molecule is CCCCC(C)NCCC(=O)N(CC)CC. The van der Waals surface area contributed by atoms with E-state index in [9.17, 15) is 4.79 Å². The Balaban J connectivity index is 3.60. The maximum atomic E-state index is 11.7. The molecule has 1 N–H and O–H groups in total. The molecule has 0 fully saturated rings. The van der Waals surface area contributed by atoms with Gasteiger partial charge in [-0.05, 0) is 27.2 Å². The molecule has 3 nitrogen and oxygen atoms in total. The molecule has 0 aromatic carbocycles. The van der Waals surface area contributed by atoms with Crippen molar-refractivity contribution in [3.05, 3.63) is 0 Å². The molecule has 0 aromatic rings. The molecule has 0 heterocycles. The second-order valence-electron chi connectivity index (χ2n) is 4.31. The molecule has 0 saturated heterocycles. The monoisotopic (exact) mass is 228 g/mol. The number of rotatable bonds is 9. The summed E-state index contributed by atoms with van der Waals surface area (Å²) in [6.07, 6.45) is 4.33. The zero-order valence-corrected chi connectivity index (χ0v) is 11.4. The van der Waals surface area contributed by atoms with Crippen LogP contribution in [-0.2, 0) is 4.79 Å². The lowest BCUT2D eigenvalue weighted by Crippen LogP contribution is -2.35. The van der Waals surface area contributed by atoms with Crippen LogP contribution in [0.5, 0.6) is 0 Å². The second kappa shape index (κ2) is 9.64. The van der Waals surface area contributed by atoms with Gasteiger partial charge in [0.2, 0.25) is 5.91 Å². The Labute approximate surface area is 101 Å². The number of hydrogen-bond donors (Lipinski definition) is 1. The van der Waals surface area contributed by atoms with E-state index >= 15 is 0 Å². The number of amides is 1. The van der Waals surface area contributed by atoms with E-state index in [1.54, 1.807) is 0 Å². The van der Waals surface area contributed by atoms with Crippen molar-refractivity contribution in [1.29, 1.82) is 0 Å². The number of carbonyl (C=O) groups is 1. The van der Waals surface area contributed by atoms with Crippen LogP contribution >= 0.6 is 0 Å². The van der Waals surface area contributed by atoms with Gasteiger partial charge < -0.3 is 10.2 Å². The highest BCUT2D eigenvalue weighted by Gasteiger charge is 2.09. The molecular weight excluding hydrogens is 200 g/mol. The first kappa shape index (κ1) is 15.4. The van der Waals surface area contributed by atoms with Crippen LogP contribution in [0.4, 0.5) is 0 Å². The predicted octanol–water partition coefficient (Wildman–Crippen LogP) is 2.41. The summed E-state index contributed by atoms with van der Waals surface area (Å²) < 4.78 is 0. The van der Waals surface area contributed by atoms with Gasteiger partial charge in [-0.3, -0.25) is 4.79 Å². The number of nitrogens with one attached hydrogen (secondary N) is 1. The lowest BCUT2D eigenvalue weighted by atomic mass is 10.1. The normalized spacial score (nSPS) is 12.5. The number of carbonyl (C=O) groups excluding carboxylic acids is 1. The fourth-order valence-electron chi connectivity index (χ4n) is 1.77. The Morgan fingerprint density at radius 2 is 1.88 bits per heavy atom. The lowest BCUT2D eigenvalue weighted by Gasteiger charge is -2.19. The van der Waals surface area contributed by atoms with Gasteiger partial charge in [-0.15, -0.1) is 0 Å². The molecule has 1 amide bonds. The van der Waals surface area contributed by atoms with E-state index in [4.69, 9.17) is 0 Å². The Bertz CT molecular complexity index is 179. The third-order valence-corrected chi connectivity index (χ3v) is 2.94. The van der Waals surface area contributed by atoms with Crippen LogP contribution in [0, 0.1) is 0 Å². The molecule has 0 rings (SSSR count). The summed E-state index contributed by atoms with van der Waals surface area (Å²) in [7, 11) is 0. The van der Waals surface area contributed by atoms with Crippen molar-refractivity contribution in [2.24, 2.45) is 0 Å².